The molecule has 0 spiro atoms. The molecule has 4 aromatic rings. The lowest BCUT2D eigenvalue weighted by molar-refractivity contribution is 0.102. The van der Waals surface area contributed by atoms with Gasteiger partial charge in [-0.3, -0.25) is 9.59 Å². The summed E-state index contributed by atoms with van der Waals surface area (Å²) in [7, 11) is 1.52. The molecule has 1 amide bonds. The van der Waals surface area contributed by atoms with Crippen LogP contribution < -0.4 is 15.6 Å². The molecule has 4 rings (SSSR count). The molecule has 0 unspecified atom stereocenters. The molecule has 0 aliphatic rings. The number of aromatic nitrogens is 2. The Balaban J connectivity index is 1.69. The van der Waals surface area contributed by atoms with E-state index >= 15 is 0 Å². The van der Waals surface area contributed by atoms with Gasteiger partial charge in [0.2, 0.25) is 0 Å². The van der Waals surface area contributed by atoms with Crippen molar-refractivity contribution in [3.8, 4) is 11.4 Å². The number of carbonyl (C=O) groups is 1. The molecule has 3 aromatic carbocycles. The second kappa shape index (κ2) is 9.40. The molecule has 0 radical (unpaired) electrons. The monoisotopic (exact) mass is 433 g/mol. The SMILES string of the molecule is COCCOc1ccc(NC(=O)c2nn(-c3ccccc3)c(=O)c3ccccc23)cc1F. The minimum Gasteiger partial charge on any atom is -0.488 e. The molecular formula is C24H20FN3O4. The van der Waals surface area contributed by atoms with Gasteiger partial charge in [-0.15, -0.1) is 0 Å². The van der Waals surface area contributed by atoms with Gasteiger partial charge in [0.15, 0.2) is 17.3 Å². The summed E-state index contributed by atoms with van der Waals surface area (Å²) in [4.78, 5) is 26.0. The number of amides is 1. The van der Waals surface area contributed by atoms with E-state index in [0.717, 1.165) is 6.07 Å². The van der Waals surface area contributed by atoms with Crippen LogP contribution in [0.2, 0.25) is 0 Å². The van der Waals surface area contributed by atoms with Crippen molar-refractivity contribution in [2.45, 2.75) is 0 Å². The fourth-order valence-electron chi connectivity index (χ4n) is 3.22. The highest BCUT2D eigenvalue weighted by molar-refractivity contribution is 6.11. The summed E-state index contributed by atoms with van der Waals surface area (Å²) in [5, 5.41) is 7.72. The molecule has 0 aliphatic carbocycles. The van der Waals surface area contributed by atoms with Crippen molar-refractivity contribution < 1.29 is 18.7 Å². The molecule has 0 saturated carbocycles. The van der Waals surface area contributed by atoms with E-state index in [2.05, 4.69) is 10.4 Å². The largest absolute Gasteiger partial charge is 0.488 e. The number of fused-ring (bicyclic) bond motifs is 1. The highest BCUT2D eigenvalue weighted by Gasteiger charge is 2.18. The molecule has 162 valence electrons. The lowest BCUT2D eigenvalue weighted by atomic mass is 10.1. The molecule has 8 heteroatoms. The first-order chi connectivity index (χ1) is 15.6. The van der Waals surface area contributed by atoms with Crippen molar-refractivity contribution in [3.63, 3.8) is 0 Å². The third-order valence-corrected chi connectivity index (χ3v) is 4.76. The third kappa shape index (κ3) is 4.35. The predicted molar refractivity (Wildman–Crippen MR) is 119 cm³/mol. The average Bonchev–Trinajstić information content (AvgIpc) is 2.81. The molecule has 0 aliphatic heterocycles. The number of carbonyl (C=O) groups excluding carboxylic acids is 1. The molecule has 7 nitrogen and oxygen atoms in total. The summed E-state index contributed by atoms with van der Waals surface area (Å²) in [6.07, 6.45) is 0. The summed E-state index contributed by atoms with van der Waals surface area (Å²) in [6, 6.07) is 19.7. The maximum absolute atomic E-state index is 14.3. The Kier molecular flexibility index (Phi) is 6.23. The van der Waals surface area contributed by atoms with Crippen molar-refractivity contribution in [2.75, 3.05) is 25.6 Å². The molecule has 0 atom stereocenters. The fraction of sp³-hybridized carbons (Fsp3) is 0.125. The highest BCUT2D eigenvalue weighted by Crippen LogP contribution is 2.22. The van der Waals surface area contributed by atoms with Gasteiger partial charge in [-0.1, -0.05) is 36.4 Å². The van der Waals surface area contributed by atoms with Crippen LogP contribution in [0.15, 0.2) is 77.6 Å². The van der Waals surface area contributed by atoms with E-state index in [9.17, 15) is 14.0 Å². The van der Waals surface area contributed by atoms with Gasteiger partial charge in [0.1, 0.15) is 6.61 Å². The van der Waals surface area contributed by atoms with Gasteiger partial charge in [-0.2, -0.15) is 9.78 Å². The van der Waals surface area contributed by atoms with E-state index in [1.165, 1.54) is 23.9 Å². The summed E-state index contributed by atoms with van der Waals surface area (Å²) >= 11 is 0. The van der Waals surface area contributed by atoms with Gasteiger partial charge in [0.05, 0.1) is 17.7 Å². The minimum atomic E-state index is -0.619. The maximum Gasteiger partial charge on any atom is 0.279 e. The predicted octanol–water partition coefficient (Wildman–Crippen LogP) is 3.80. The van der Waals surface area contributed by atoms with Crippen molar-refractivity contribution in [1.29, 1.82) is 0 Å². The third-order valence-electron chi connectivity index (χ3n) is 4.76. The van der Waals surface area contributed by atoms with Gasteiger partial charge >= 0.3 is 0 Å². The number of methoxy groups -OCH3 is 1. The number of rotatable bonds is 7. The van der Waals surface area contributed by atoms with Gasteiger partial charge in [-0.05, 0) is 30.3 Å². The van der Waals surface area contributed by atoms with Crippen LogP contribution in [0.5, 0.6) is 5.75 Å². The minimum absolute atomic E-state index is 0.0462. The Morgan fingerprint density at radius 1 is 1.00 bits per heavy atom. The van der Waals surface area contributed by atoms with Crippen LogP contribution in [0.25, 0.3) is 16.5 Å². The number of benzene rings is 3. The maximum atomic E-state index is 14.3. The number of hydrogen-bond acceptors (Lipinski definition) is 5. The van der Waals surface area contributed by atoms with E-state index in [-0.39, 0.29) is 29.3 Å². The van der Waals surface area contributed by atoms with E-state index in [0.29, 0.717) is 23.1 Å². The second-order valence-electron chi connectivity index (χ2n) is 6.89. The molecule has 0 fully saturated rings. The Hall–Kier alpha value is -4.04. The molecule has 1 N–H and O–H groups in total. The van der Waals surface area contributed by atoms with Crippen molar-refractivity contribution >= 4 is 22.4 Å². The quantitative estimate of drug-likeness (QED) is 0.448. The summed E-state index contributed by atoms with van der Waals surface area (Å²) in [5.74, 6) is -1.13. The van der Waals surface area contributed by atoms with E-state index < -0.39 is 11.7 Å². The van der Waals surface area contributed by atoms with Crippen LogP contribution in [0.4, 0.5) is 10.1 Å². The van der Waals surface area contributed by atoms with Crippen molar-refractivity contribution in [2.24, 2.45) is 0 Å². The number of nitrogens with zero attached hydrogens (tertiary/aromatic N) is 2. The first kappa shape index (κ1) is 21.2. The fourth-order valence-corrected chi connectivity index (χ4v) is 3.22. The summed E-state index contributed by atoms with van der Waals surface area (Å²) in [6.45, 7) is 0.532. The Morgan fingerprint density at radius 3 is 2.44 bits per heavy atom. The van der Waals surface area contributed by atoms with Gasteiger partial charge in [0.25, 0.3) is 11.5 Å². The zero-order valence-electron chi connectivity index (χ0n) is 17.2. The molecule has 0 bridgehead atoms. The highest BCUT2D eigenvalue weighted by atomic mass is 19.1. The molecule has 1 aromatic heterocycles. The summed E-state index contributed by atoms with van der Waals surface area (Å²) in [5.41, 5.74) is 0.465. The van der Waals surface area contributed by atoms with E-state index in [1.54, 1.807) is 48.5 Å². The zero-order valence-corrected chi connectivity index (χ0v) is 17.2. The molecular weight excluding hydrogens is 413 g/mol. The standard InChI is InChI=1S/C24H20FN3O4/c1-31-13-14-32-21-12-11-16(15-20(21)25)26-23(29)22-18-9-5-6-10-19(18)24(30)28(27-22)17-7-3-2-4-8-17/h2-12,15H,13-14H2,1H3,(H,26,29). The van der Waals surface area contributed by atoms with Crippen LogP contribution in [0.3, 0.4) is 0 Å². The normalized spacial score (nSPS) is 10.8. The van der Waals surface area contributed by atoms with Crippen LogP contribution in [0.1, 0.15) is 10.5 Å². The Bertz CT molecular complexity index is 1320. The average molecular weight is 433 g/mol. The number of hydrogen-bond donors (Lipinski definition) is 1. The lowest BCUT2D eigenvalue weighted by Gasteiger charge is -2.12. The topological polar surface area (TPSA) is 82.4 Å². The zero-order chi connectivity index (χ0) is 22.5. The first-order valence-electron chi connectivity index (χ1n) is 9.88. The van der Waals surface area contributed by atoms with Gasteiger partial charge < -0.3 is 14.8 Å². The van der Waals surface area contributed by atoms with Gasteiger partial charge in [0, 0.05) is 24.2 Å². The second-order valence-corrected chi connectivity index (χ2v) is 6.89. The molecule has 0 saturated heterocycles. The number of para-hydroxylation sites is 1. The number of nitrogens with one attached hydrogen (secondary N) is 1. The summed E-state index contributed by atoms with van der Waals surface area (Å²) < 4.78 is 25.7. The van der Waals surface area contributed by atoms with Crippen molar-refractivity contribution in [1.82, 2.24) is 9.78 Å². The Morgan fingerprint density at radius 2 is 1.72 bits per heavy atom. The van der Waals surface area contributed by atoms with Crippen LogP contribution in [0, 0.1) is 5.82 Å². The first-order valence-corrected chi connectivity index (χ1v) is 9.88. The Labute approximate surface area is 183 Å². The number of anilines is 1. The smallest absolute Gasteiger partial charge is 0.279 e. The van der Waals surface area contributed by atoms with Gasteiger partial charge in [-0.25, -0.2) is 4.39 Å². The number of halogens is 1. The molecule has 1 heterocycles. The van der Waals surface area contributed by atoms with Crippen LogP contribution in [-0.4, -0.2) is 36.0 Å². The molecule has 32 heavy (non-hydrogen) atoms. The van der Waals surface area contributed by atoms with Crippen molar-refractivity contribution in [3.05, 3.63) is 94.7 Å². The van der Waals surface area contributed by atoms with E-state index in [4.69, 9.17) is 9.47 Å². The van der Waals surface area contributed by atoms with Crippen LogP contribution in [-0.2, 0) is 4.74 Å². The lowest BCUT2D eigenvalue weighted by Crippen LogP contribution is -2.26. The van der Waals surface area contributed by atoms with E-state index in [1.807, 2.05) is 6.07 Å². The number of ether oxygens (including phenoxy) is 2. The van der Waals surface area contributed by atoms with Crippen LogP contribution >= 0.6 is 0 Å².